The van der Waals surface area contributed by atoms with E-state index in [0.29, 0.717) is 5.70 Å². The summed E-state index contributed by atoms with van der Waals surface area (Å²) in [7, 11) is 0. The van der Waals surface area contributed by atoms with E-state index in [0.717, 1.165) is 33.4 Å². The van der Waals surface area contributed by atoms with Gasteiger partial charge in [-0.15, -0.1) is 0 Å². The minimum atomic E-state index is -0.0113. The molecule has 0 aromatic heterocycles. The molecule has 25 heavy (non-hydrogen) atoms. The third kappa shape index (κ3) is 3.64. The van der Waals surface area contributed by atoms with Crippen LogP contribution in [0.1, 0.15) is 25.0 Å². The zero-order chi connectivity index (χ0) is 18.0. The number of amides is 1. The number of aryl methyl sites for hydroxylation is 1. The van der Waals surface area contributed by atoms with E-state index >= 15 is 0 Å². The van der Waals surface area contributed by atoms with Gasteiger partial charge in [0, 0.05) is 0 Å². The van der Waals surface area contributed by atoms with Crippen LogP contribution in [0.15, 0.2) is 58.7 Å². The Labute approximate surface area is 164 Å². The van der Waals surface area contributed by atoms with Gasteiger partial charge in [-0.25, -0.2) is 0 Å². The molecule has 1 heterocycles. The number of carbonyl (C=O) groups excluding carboxylic acids is 1. The topological polar surface area (TPSA) is 23.6 Å². The Kier molecular flexibility index (Phi) is 5.57. The van der Waals surface area contributed by atoms with Crippen LogP contribution < -0.4 is 4.90 Å². The Bertz CT molecular complexity index is 828. The van der Waals surface area contributed by atoms with Gasteiger partial charge in [-0.3, -0.25) is 0 Å². The first-order valence-electron chi connectivity index (χ1n) is 8.27. The van der Waals surface area contributed by atoms with Gasteiger partial charge in [0.15, 0.2) is 0 Å². The second-order valence-electron chi connectivity index (χ2n) is 5.77. The molecule has 0 bridgehead atoms. The molecule has 1 aliphatic rings. The monoisotopic (exact) mass is 462 g/mol. The van der Waals surface area contributed by atoms with Crippen molar-refractivity contribution in [1.29, 1.82) is 0 Å². The fourth-order valence-electron chi connectivity index (χ4n) is 2.81. The first-order chi connectivity index (χ1) is 12.0. The van der Waals surface area contributed by atoms with Gasteiger partial charge in [0.05, 0.1) is 0 Å². The van der Waals surface area contributed by atoms with Crippen molar-refractivity contribution < 1.29 is 4.79 Å². The predicted molar refractivity (Wildman–Crippen MR) is 109 cm³/mol. The molecule has 5 heteroatoms. The second kappa shape index (κ2) is 7.69. The van der Waals surface area contributed by atoms with Crippen molar-refractivity contribution in [3.63, 3.8) is 0 Å². The van der Waals surface area contributed by atoms with Crippen molar-refractivity contribution in [1.82, 2.24) is 4.90 Å². The SMILES string of the molecule is CCc1ccc(N2C(=O)/C(=C\c3ccc(Br)cc3)N(CC)C2=[Se])cc1. The molecule has 2 aromatic carbocycles. The van der Waals surface area contributed by atoms with Crippen LogP contribution in [0.25, 0.3) is 6.08 Å². The first kappa shape index (κ1) is 18.1. The van der Waals surface area contributed by atoms with Crippen molar-refractivity contribution in [3.05, 3.63) is 69.8 Å². The summed E-state index contributed by atoms with van der Waals surface area (Å²) in [5.74, 6) is -0.0113. The predicted octanol–water partition coefficient (Wildman–Crippen LogP) is 3.98. The molecule has 0 unspecified atom stereocenters. The van der Waals surface area contributed by atoms with Gasteiger partial charge in [-0.2, -0.15) is 0 Å². The molecule has 1 amide bonds. The van der Waals surface area contributed by atoms with Gasteiger partial charge in [0.2, 0.25) is 0 Å². The van der Waals surface area contributed by atoms with Gasteiger partial charge in [0.1, 0.15) is 0 Å². The molecule has 0 radical (unpaired) electrons. The summed E-state index contributed by atoms with van der Waals surface area (Å²) in [6.45, 7) is 4.89. The van der Waals surface area contributed by atoms with Crippen LogP contribution >= 0.6 is 15.9 Å². The van der Waals surface area contributed by atoms with Crippen LogP contribution in [-0.2, 0) is 11.2 Å². The quantitative estimate of drug-likeness (QED) is 0.507. The summed E-state index contributed by atoms with van der Waals surface area (Å²) in [6, 6.07) is 16.1. The standard InChI is InChI=1S/C20H19BrN2OSe/c1-3-14-7-11-17(12-8-14)23-19(24)18(22(4-2)20(23)25)13-15-5-9-16(21)10-6-15/h5-13H,3-4H2,1-2H3/b18-13+. The number of likely N-dealkylation sites (N-methyl/N-ethyl adjacent to an activating group) is 1. The third-order valence-corrected chi connectivity index (χ3v) is 5.60. The Morgan fingerprint density at radius 2 is 1.68 bits per heavy atom. The number of nitrogens with zero attached hydrogens (tertiary/aromatic N) is 2. The molecule has 1 aliphatic heterocycles. The van der Waals surface area contributed by atoms with E-state index in [-0.39, 0.29) is 5.91 Å². The maximum absolute atomic E-state index is 13.1. The van der Waals surface area contributed by atoms with E-state index in [4.69, 9.17) is 0 Å². The Morgan fingerprint density at radius 1 is 1.04 bits per heavy atom. The van der Waals surface area contributed by atoms with E-state index in [9.17, 15) is 4.79 Å². The van der Waals surface area contributed by atoms with Crippen LogP contribution in [-0.4, -0.2) is 37.6 Å². The van der Waals surface area contributed by atoms with Gasteiger partial charge in [-0.1, -0.05) is 0 Å². The maximum atomic E-state index is 13.1. The summed E-state index contributed by atoms with van der Waals surface area (Å²) in [5, 5.41) is 0. The average Bonchev–Trinajstić information content (AvgIpc) is 2.86. The first-order valence-corrected chi connectivity index (χ1v) is 9.92. The van der Waals surface area contributed by atoms with E-state index in [1.807, 2.05) is 54.3 Å². The average molecular weight is 462 g/mol. The van der Waals surface area contributed by atoms with Gasteiger partial charge in [0.25, 0.3) is 0 Å². The van der Waals surface area contributed by atoms with Crippen LogP contribution in [0.2, 0.25) is 0 Å². The zero-order valence-corrected chi connectivity index (χ0v) is 17.5. The molecule has 0 saturated carbocycles. The minimum absolute atomic E-state index is 0.0113. The summed E-state index contributed by atoms with van der Waals surface area (Å²) < 4.78 is 1.84. The fraction of sp³-hybridized carbons (Fsp3) is 0.200. The van der Waals surface area contributed by atoms with Gasteiger partial charge in [-0.05, 0) is 0 Å². The molecule has 0 atom stereocenters. The molecule has 128 valence electrons. The number of rotatable bonds is 4. The molecule has 3 nitrogen and oxygen atoms in total. The number of benzene rings is 2. The van der Waals surface area contributed by atoms with E-state index < -0.39 is 0 Å². The normalized spacial score (nSPS) is 16.2. The van der Waals surface area contributed by atoms with Crippen LogP contribution in [0, 0.1) is 0 Å². The van der Waals surface area contributed by atoms with Crippen molar-refractivity contribution in [3.8, 4) is 0 Å². The molecular weight excluding hydrogens is 443 g/mol. The number of halogens is 1. The van der Waals surface area contributed by atoms with Crippen LogP contribution in [0.4, 0.5) is 5.69 Å². The van der Waals surface area contributed by atoms with E-state index in [2.05, 4.69) is 50.6 Å². The molecule has 3 rings (SSSR count). The summed E-state index contributed by atoms with van der Waals surface area (Å²) in [6.07, 6.45) is 2.93. The Morgan fingerprint density at radius 3 is 2.24 bits per heavy atom. The van der Waals surface area contributed by atoms with Gasteiger partial charge >= 0.3 is 165 Å². The number of hydrogen-bond donors (Lipinski definition) is 0. The van der Waals surface area contributed by atoms with Crippen molar-refractivity contribution in [2.24, 2.45) is 0 Å². The van der Waals surface area contributed by atoms with Crippen molar-refractivity contribution in [2.45, 2.75) is 20.3 Å². The fourth-order valence-corrected chi connectivity index (χ4v) is 3.95. The molecule has 0 spiro atoms. The zero-order valence-electron chi connectivity index (χ0n) is 14.2. The number of anilines is 1. The molecule has 1 saturated heterocycles. The summed E-state index contributed by atoms with van der Waals surface area (Å²) in [5.41, 5.74) is 3.82. The van der Waals surface area contributed by atoms with E-state index in [1.165, 1.54) is 5.56 Å². The Hall–Kier alpha value is -1.68. The molecule has 2 aromatic rings. The molecular formula is C20H19BrN2OSe. The second-order valence-corrected chi connectivity index (χ2v) is 7.45. The van der Waals surface area contributed by atoms with Crippen LogP contribution in [0.3, 0.4) is 0 Å². The van der Waals surface area contributed by atoms with Gasteiger partial charge < -0.3 is 0 Å². The number of hydrogen-bond acceptors (Lipinski definition) is 2. The molecule has 1 fully saturated rings. The molecule has 0 N–H and O–H groups in total. The van der Waals surface area contributed by atoms with Crippen LogP contribution in [0.5, 0.6) is 0 Å². The van der Waals surface area contributed by atoms with E-state index in [1.54, 1.807) is 4.90 Å². The third-order valence-electron chi connectivity index (χ3n) is 4.23. The summed E-state index contributed by atoms with van der Waals surface area (Å²) >= 11 is 6.51. The summed E-state index contributed by atoms with van der Waals surface area (Å²) in [4.78, 5) is 16.8. The van der Waals surface area contributed by atoms with Crippen molar-refractivity contribution in [2.75, 3.05) is 11.4 Å². The Balaban J connectivity index is 1.98. The van der Waals surface area contributed by atoms with Crippen molar-refractivity contribution >= 4 is 53.8 Å². The number of carbonyl (C=O) groups is 1. The molecule has 0 aliphatic carbocycles.